The summed E-state index contributed by atoms with van der Waals surface area (Å²) in [5, 5.41) is 11.4. The number of hydrogen-bond donors (Lipinski definition) is 1. The van der Waals surface area contributed by atoms with Gasteiger partial charge in [-0.05, 0) is 35.8 Å². The molecule has 1 heterocycles. The van der Waals surface area contributed by atoms with Crippen molar-refractivity contribution < 1.29 is 14.7 Å². The van der Waals surface area contributed by atoms with Gasteiger partial charge >= 0.3 is 0 Å². The van der Waals surface area contributed by atoms with Crippen LogP contribution in [-0.2, 0) is 21.7 Å². The van der Waals surface area contributed by atoms with Crippen molar-refractivity contribution in [2.75, 3.05) is 4.90 Å². The largest absolute Gasteiger partial charge is 0.375 e. The molecule has 4 heteroatoms. The number of ketones is 1. The van der Waals surface area contributed by atoms with Crippen molar-refractivity contribution in [3.63, 3.8) is 0 Å². The molecule has 0 saturated carbocycles. The first kappa shape index (κ1) is 19.8. The molecule has 1 atom stereocenters. The zero-order valence-corrected chi connectivity index (χ0v) is 16.8. The first-order valence-electron chi connectivity index (χ1n) is 9.93. The Labute approximate surface area is 176 Å². The zero-order chi connectivity index (χ0) is 21.1. The second-order valence-corrected chi connectivity index (χ2v) is 7.58. The predicted octanol–water partition coefficient (Wildman–Crippen LogP) is 4.40. The molecule has 4 nitrogen and oxygen atoms in total. The van der Waals surface area contributed by atoms with Crippen molar-refractivity contribution in [2.24, 2.45) is 0 Å². The molecule has 0 aliphatic carbocycles. The summed E-state index contributed by atoms with van der Waals surface area (Å²) in [5.41, 5.74) is 2.22. The summed E-state index contributed by atoms with van der Waals surface area (Å²) in [6, 6.07) is 24.4. The lowest BCUT2D eigenvalue weighted by atomic mass is 9.89. The summed E-state index contributed by atoms with van der Waals surface area (Å²) < 4.78 is 0. The van der Waals surface area contributed by atoms with Crippen LogP contribution in [0.25, 0.3) is 6.08 Å². The minimum Gasteiger partial charge on any atom is -0.375 e. The normalized spacial score (nSPS) is 18.1. The number of para-hydroxylation sites is 1. The third-order valence-corrected chi connectivity index (χ3v) is 5.52. The van der Waals surface area contributed by atoms with Gasteiger partial charge in [-0.15, -0.1) is 0 Å². The Hall–Kier alpha value is -3.50. The maximum absolute atomic E-state index is 13.3. The van der Waals surface area contributed by atoms with Gasteiger partial charge in [-0.25, -0.2) is 0 Å². The fourth-order valence-electron chi connectivity index (χ4n) is 3.86. The number of nitrogens with zero attached hydrogens (tertiary/aromatic N) is 1. The van der Waals surface area contributed by atoms with E-state index in [0.29, 0.717) is 17.8 Å². The van der Waals surface area contributed by atoms with Crippen LogP contribution < -0.4 is 4.90 Å². The van der Waals surface area contributed by atoms with Crippen LogP contribution in [0.1, 0.15) is 28.7 Å². The lowest BCUT2D eigenvalue weighted by Gasteiger charge is -2.23. The summed E-state index contributed by atoms with van der Waals surface area (Å²) in [6.45, 7) is 2.34. The average Bonchev–Trinajstić information content (AvgIpc) is 2.96. The Bertz CT molecular complexity index is 1120. The number of carbonyl (C=O) groups excluding carboxylic acids is 2. The number of hydrogen-bond acceptors (Lipinski definition) is 3. The summed E-state index contributed by atoms with van der Waals surface area (Å²) in [4.78, 5) is 27.5. The minimum absolute atomic E-state index is 0.295. The Kier molecular flexibility index (Phi) is 5.34. The number of amides is 1. The number of carbonyl (C=O) groups is 2. The Morgan fingerprint density at radius 2 is 1.63 bits per heavy atom. The first-order valence-corrected chi connectivity index (χ1v) is 9.93. The van der Waals surface area contributed by atoms with Crippen LogP contribution in [0.5, 0.6) is 0 Å². The maximum Gasteiger partial charge on any atom is 0.264 e. The molecule has 0 fully saturated rings. The van der Waals surface area contributed by atoms with Crippen LogP contribution in [0.15, 0.2) is 84.9 Å². The van der Waals surface area contributed by atoms with E-state index in [0.717, 1.165) is 16.7 Å². The van der Waals surface area contributed by atoms with Crippen molar-refractivity contribution in [2.45, 2.75) is 25.5 Å². The Balaban J connectivity index is 1.61. The van der Waals surface area contributed by atoms with Gasteiger partial charge in [0.15, 0.2) is 11.4 Å². The number of aliphatic hydroxyl groups is 1. The van der Waals surface area contributed by atoms with Crippen molar-refractivity contribution >= 4 is 23.5 Å². The molecule has 1 N–H and O–H groups in total. The van der Waals surface area contributed by atoms with Gasteiger partial charge in [-0.2, -0.15) is 0 Å². The fraction of sp³-hybridized carbons (Fsp3) is 0.154. The molecule has 1 amide bonds. The molecule has 0 radical (unpaired) electrons. The third-order valence-electron chi connectivity index (χ3n) is 5.52. The molecule has 1 unspecified atom stereocenters. The third kappa shape index (κ3) is 3.70. The number of allylic oxidation sites excluding steroid dienone is 1. The van der Waals surface area contributed by atoms with Crippen molar-refractivity contribution in [1.29, 1.82) is 0 Å². The van der Waals surface area contributed by atoms with Crippen LogP contribution in [0, 0.1) is 6.92 Å². The number of benzene rings is 3. The van der Waals surface area contributed by atoms with Gasteiger partial charge in [-0.1, -0.05) is 78.9 Å². The molecule has 1 aliphatic rings. The lowest BCUT2D eigenvalue weighted by molar-refractivity contribution is -0.140. The highest BCUT2D eigenvalue weighted by atomic mass is 16.3. The molecule has 0 saturated heterocycles. The molecular weight excluding hydrogens is 374 g/mol. The van der Waals surface area contributed by atoms with E-state index in [4.69, 9.17) is 0 Å². The number of aryl methyl sites for hydroxylation is 1. The molecule has 3 aromatic rings. The Morgan fingerprint density at radius 1 is 0.967 bits per heavy atom. The van der Waals surface area contributed by atoms with Crippen molar-refractivity contribution in [3.05, 3.63) is 107 Å². The summed E-state index contributed by atoms with van der Waals surface area (Å²) in [6.07, 6.45) is 2.83. The van der Waals surface area contributed by atoms with Crippen LogP contribution in [0.4, 0.5) is 5.69 Å². The SMILES string of the molecule is Cc1ccccc1CN1C(=O)C(O)(CC(=O)/C=C\c2ccccc2)c2ccccc21. The molecule has 0 bridgehead atoms. The summed E-state index contributed by atoms with van der Waals surface area (Å²) in [7, 11) is 0. The highest BCUT2D eigenvalue weighted by molar-refractivity contribution is 6.10. The van der Waals surface area contributed by atoms with E-state index in [1.54, 1.807) is 23.1 Å². The van der Waals surface area contributed by atoms with Crippen LogP contribution in [-0.4, -0.2) is 16.8 Å². The van der Waals surface area contributed by atoms with E-state index in [1.165, 1.54) is 6.08 Å². The van der Waals surface area contributed by atoms with Gasteiger partial charge in [0, 0.05) is 5.56 Å². The average molecular weight is 397 g/mol. The lowest BCUT2D eigenvalue weighted by Crippen LogP contribution is -2.41. The number of fused-ring (bicyclic) bond motifs is 1. The second-order valence-electron chi connectivity index (χ2n) is 7.58. The molecule has 0 spiro atoms. The monoisotopic (exact) mass is 397 g/mol. The van der Waals surface area contributed by atoms with Gasteiger partial charge in [0.1, 0.15) is 0 Å². The molecule has 0 aromatic heterocycles. The molecule has 3 aromatic carbocycles. The molecular formula is C26H23NO3. The maximum atomic E-state index is 13.3. The highest BCUT2D eigenvalue weighted by Crippen LogP contribution is 2.43. The van der Waals surface area contributed by atoms with E-state index < -0.39 is 11.5 Å². The smallest absolute Gasteiger partial charge is 0.264 e. The number of rotatable bonds is 6. The van der Waals surface area contributed by atoms with E-state index in [2.05, 4.69) is 0 Å². The summed E-state index contributed by atoms with van der Waals surface area (Å²) >= 11 is 0. The van der Waals surface area contributed by atoms with Crippen LogP contribution in [0.2, 0.25) is 0 Å². The quantitative estimate of drug-likeness (QED) is 0.627. The van der Waals surface area contributed by atoms with Crippen molar-refractivity contribution in [3.8, 4) is 0 Å². The first-order chi connectivity index (χ1) is 14.5. The standard InChI is InChI=1S/C26H23NO3/c1-19-9-5-6-12-21(19)18-27-24-14-8-7-13-23(24)26(30,25(27)29)17-22(28)16-15-20-10-3-2-4-11-20/h2-16,30H,17-18H2,1H3/b16-15-. The highest BCUT2D eigenvalue weighted by Gasteiger charge is 2.50. The topological polar surface area (TPSA) is 57.6 Å². The van der Waals surface area contributed by atoms with E-state index >= 15 is 0 Å². The van der Waals surface area contributed by atoms with Crippen LogP contribution >= 0.6 is 0 Å². The van der Waals surface area contributed by atoms with Crippen LogP contribution in [0.3, 0.4) is 0 Å². The van der Waals surface area contributed by atoms with Gasteiger partial charge < -0.3 is 10.0 Å². The fourth-order valence-corrected chi connectivity index (χ4v) is 3.86. The summed E-state index contributed by atoms with van der Waals surface area (Å²) in [5.74, 6) is -0.768. The molecule has 1 aliphatic heterocycles. The van der Waals surface area contributed by atoms with E-state index in [-0.39, 0.29) is 12.2 Å². The van der Waals surface area contributed by atoms with Crippen molar-refractivity contribution in [1.82, 2.24) is 0 Å². The second kappa shape index (κ2) is 8.09. The van der Waals surface area contributed by atoms with Gasteiger partial charge in [0.2, 0.25) is 0 Å². The predicted molar refractivity (Wildman–Crippen MR) is 118 cm³/mol. The number of anilines is 1. The minimum atomic E-state index is -1.86. The van der Waals surface area contributed by atoms with Gasteiger partial charge in [0.25, 0.3) is 5.91 Å². The zero-order valence-electron chi connectivity index (χ0n) is 16.8. The van der Waals surface area contributed by atoms with E-state index in [1.807, 2.05) is 73.7 Å². The molecule has 4 rings (SSSR count). The molecule has 30 heavy (non-hydrogen) atoms. The molecule has 150 valence electrons. The van der Waals surface area contributed by atoms with Gasteiger partial charge in [0.05, 0.1) is 18.7 Å². The Morgan fingerprint density at radius 3 is 2.40 bits per heavy atom. The van der Waals surface area contributed by atoms with Gasteiger partial charge in [-0.3, -0.25) is 9.59 Å². The van der Waals surface area contributed by atoms with E-state index in [9.17, 15) is 14.7 Å².